The van der Waals surface area contributed by atoms with Gasteiger partial charge in [-0.15, -0.1) is 0 Å². The number of piperazine rings is 1. The van der Waals surface area contributed by atoms with E-state index in [4.69, 9.17) is 5.41 Å². The number of benzene rings is 3. The van der Waals surface area contributed by atoms with E-state index in [1.165, 1.54) is 81.8 Å². The second kappa shape index (κ2) is 22.0. The van der Waals surface area contributed by atoms with Gasteiger partial charge >= 0.3 is 0 Å². The first kappa shape index (κ1) is 42.4. The summed E-state index contributed by atoms with van der Waals surface area (Å²) in [4.78, 5) is 35.7. The van der Waals surface area contributed by atoms with E-state index in [2.05, 4.69) is 99.1 Å². The van der Waals surface area contributed by atoms with Gasteiger partial charge in [-0.05, 0) is 61.1 Å². The summed E-state index contributed by atoms with van der Waals surface area (Å²) in [7, 11) is 0. The van der Waals surface area contributed by atoms with Crippen molar-refractivity contribution >= 4 is 29.1 Å². The van der Waals surface area contributed by atoms with Crippen LogP contribution in [0, 0.1) is 5.41 Å². The van der Waals surface area contributed by atoms with Gasteiger partial charge in [0.05, 0.1) is 24.9 Å². The molecule has 3 saturated heterocycles. The van der Waals surface area contributed by atoms with Crippen LogP contribution in [0.2, 0.25) is 0 Å². The smallest absolute Gasteiger partial charge is 0.244 e. The molecule has 0 saturated carbocycles. The van der Waals surface area contributed by atoms with Crippen molar-refractivity contribution in [2.75, 3.05) is 49.9 Å². The molecule has 10 heteroatoms. The fourth-order valence-electron chi connectivity index (χ4n) is 8.79. The SMILES string of the molecule is CCCCCCCCN1C(=N)N(CC(=O)Nc2ccc(NC(=O)CN3C[C@H](Cc4ccccc4)N(CCCCCCCC)C4NC43)cc2)C[C@@H]1Cc1ccccc1. The third-order valence-corrected chi connectivity index (χ3v) is 11.9. The molecule has 3 fully saturated rings. The molecule has 57 heavy (non-hydrogen) atoms. The van der Waals surface area contributed by atoms with Gasteiger partial charge in [0, 0.05) is 43.6 Å². The Morgan fingerprint density at radius 3 is 1.70 bits per heavy atom. The number of unbranched alkanes of at least 4 members (excludes halogenated alkanes) is 10. The predicted octanol–water partition coefficient (Wildman–Crippen LogP) is 7.93. The summed E-state index contributed by atoms with van der Waals surface area (Å²) in [5, 5.41) is 18.8. The Bertz CT molecular complexity index is 1670. The Morgan fingerprint density at radius 2 is 1.12 bits per heavy atom. The van der Waals surface area contributed by atoms with Crippen molar-refractivity contribution in [2.45, 2.75) is 128 Å². The van der Waals surface area contributed by atoms with Crippen molar-refractivity contribution < 1.29 is 9.59 Å². The van der Waals surface area contributed by atoms with Crippen molar-refractivity contribution in [1.29, 1.82) is 5.41 Å². The summed E-state index contributed by atoms with van der Waals surface area (Å²) in [5.41, 5.74) is 3.96. The highest BCUT2D eigenvalue weighted by Gasteiger charge is 2.52. The van der Waals surface area contributed by atoms with E-state index < -0.39 is 0 Å². The molecule has 308 valence electrons. The third kappa shape index (κ3) is 12.9. The molecule has 6 rings (SSSR count). The molecule has 3 aromatic rings. The molecule has 0 spiro atoms. The molecule has 3 aromatic carbocycles. The molecule has 2 unspecified atom stereocenters. The number of fused-ring (bicyclic) bond motifs is 1. The predicted molar refractivity (Wildman–Crippen MR) is 233 cm³/mol. The van der Waals surface area contributed by atoms with Gasteiger partial charge in [-0.2, -0.15) is 0 Å². The minimum absolute atomic E-state index is 0.0369. The summed E-state index contributed by atoms with van der Waals surface area (Å²) >= 11 is 0. The number of guanidine groups is 1. The fourth-order valence-corrected chi connectivity index (χ4v) is 8.79. The van der Waals surface area contributed by atoms with E-state index >= 15 is 0 Å². The number of hydrogen-bond donors (Lipinski definition) is 4. The van der Waals surface area contributed by atoms with Gasteiger partial charge < -0.3 is 20.4 Å². The Labute approximate surface area is 342 Å². The summed E-state index contributed by atoms with van der Waals surface area (Å²) in [6, 6.07) is 29.1. The maximum Gasteiger partial charge on any atom is 0.244 e. The van der Waals surface area contributed by atoms with E-state index in [0.29, 0.717) is 42.6 Å². The zero-order valence-electron chi connectivity index (χ0n) is 34.6. The highest BCUT2D eigenvalue weighted by molar-refractivity contribution is 5.96. The molecule has 4 N–H and O–H groups in total. The Hall–Kier alpha value is -4.25. The number of anilines is 2. The van der Waals surface area contributed by atoms with E-state index in [1.807, 2.05) is 35.2 Å². The second-order valence-corrected chi connectivity index (χ2v) is 16.5. The van der Waals surface area contributed by atoms with E-state index in [-0.39, 0.29) is 30.6 Å². The lowest BCUT2D eigenvalue weighted by molar-refractivity contribution is -0.118. The van der Waals surface area contributed by atoms with Gasteiger partial charge in [0.2, 0.25) is 11.8 Å². The average Bonchev–Trinajstić information content (AvgIpc) is 3.97. The van der Waals surface area contributed by atoms with Gasteiger partial charge in [-0.3, -0.25) is 30.1 Å². The first-order valence-electron chi connectivity index (χ1n) is 22.1. The maximum atomic E-state index is 13.4. The fraction of sp³-hybridized carbons (Fsp3) is 0.553. The van der Waals surface area contributed by atoms with Crippen LogP contribution in [0.25, 0.3) is 0 Å². The van der Waals surface area contributed by atoms with Crippen LogP contribution in [0.3, 0.4) is 0 Å². The van der Waals surface area contributed by atoms with E-state index in [1.54, 1.807) is 0 Å². The number of carbonyl (C=O) groups is 2. The van der Waals surface area contributed by atoms with Crippen LogP contribution in [-0.4, -0.2) is 101 Å². The zero-order valence-corrected chi connectivity index (χ0v) is 34.6. The normalized spacial score (nSPS) is 20.8. The topological polar surface area (TPSA) is 117 Å². The summed E-state index contributed by atoms with van der Waals surface area (Å²) in [5.74, 6) is 0.254. The van der Waals surface area contributed by atoms with Crippen molar-refractivity contribution in [3.63, 3.8) is 0 Å². The molecule has 0 aliphatic carbocycles. The van der Waals surface area contributed by atoms with Crippen LogP contribution in [0.4, 0.5) is 11.4 Å². The summed E-state index contributed by atoms with van der Waals surface area (Å²) in [6.45, 7) is 8.39. The van der Waals surface area contributed by atoms with Gasteiger partial charge in [0.25, 0.3) is 0 Å². The van der Waals surface area contributed by atoms with Crippen LogP contribution in [0.1, 0.15) is 102 Å². The van der Waals surface area contributed by atoms with Crippen LogP contribution in [0.15, 0.2) is 84.9 Å². The number of nitrogens with one attached hydrogen (secondary N) is 4. The first-order chi connectivity index (χ1) is 27.9. The molecule has 0 radical (unpaired) electrons. The number of rotatable bonds is 24. The molecular weight excluding hydrogens is 709 g/mol. The standard InChI is InChI=1S/C47H68N8O2/c1-3-5-7-9-11-19-29-54-41(31-37-21-15-13-16-22-37)33-52(45-46(54)51-45)35-43(56)49-39-25-27-40(28-26-39)50-44(57)36-53-34-42(32-38-23-17-14-18-24-38)55(47(53)48)30-20-12-10-8-6-4-2/h13-18,21-28,41-42,45-46,48,51H,3-12,19-20,29-36H2,1-2H3,(H,49,56)(H,50,57)/t41-,42-,45?,46?/m0/s1. The largest absolute Gasteiger partial charge is 0.338 e. The Morgan fingerprint density at radius 1 is 0.614 bits per heavy atom. The van der Waals surface area contributed by atoms with Gasteiger partial charge in [-0.1, -0.05) is 139 Å². The quantitative estimate of drug-likeness (QED) is 0.0540. The molecule has 10 nitrogen and oxygen atoms in total. The summed E-state index contributed by atoms with van der Waals surface area (Å²) in [6.07, 6.45) is 17.3. The lowest BCUT2D eigenvalue weighted by Crippen LogP contribution is -2.55. The van der Waals surface area contributed by atoms with Crippen molar-refractivity contribution in [1.82, 2.24) is 24.9 Å². The van der Waals surface area contributed by atoms with Gasteiger partial charge in [0.1, 0.15) is 6.54 Å². The molecule has 3 aliphatic rings. The molecule has 0 aromatic heterocycles. The second-order valence-electron chi connectivity index (χ2n) is 16.5. The van der Waals surface area contributed by atoms with Crippen molar-refractivity contribution in [3.8, 4) is 0 Å². The highest BCUT2D eigenvalue weighted by atomic mass is 16.2. The van der Waals surface area contributed by atoms with Crippen LogP contribution < -0.4 is 16.0 Å². The van der Waals surface area contributed by atoms with Crippen molar-refractivity contribution in [3.05, 3.63) is 96.1 Å². The van der Waals surface area contributed by atoms with Crippen molar-refractivity contribution in [2.24, 2.45) is 0 Å². The van der Waals surface area contributed by atoms with Crippen LogP contribution >= 0.6 is 0 Å². The average molecular weight is 777 g/mol. The Kier molecular flexibility index (Phi) is 16.4. The lowest BCUT2D eigenvalue weighted by Gasteiger charge is -2.39. The van der Waals surface area contributed by atoms with E-state index in [0.717, 1.165) is 38.9 Å². The highest BCUT2D eigenvalue weighted by Crippen LogP contribution is 2.31. The number of nitrogens with zero attached hydrogens (tertiary/aromatic N) is 4. The van der Waals surface area contributed by atoms with E-state index in [9.17, 15) is 9.59 Å². The molecule has 4 atom stereocenters. The third-order valence-electron chi connectivity index (χ3n) is 11.9. The minimum atomic E-state index is -0.149. The molecule has 0 bridgehead atoms. The zero-order chi connectivity index (χ0) is 39.8. The molecule has 2 amide bonds. The minimum Gasteiger partial charge on any atom is -0.338 e. The molecule has 3 aliphatic heterocycles. The van der Waals surface area contributed by atoms with Crippen LogP contribution in [-0.2, 0) is 22.4 Å². The maximum absolute atomic E-state index is 13.4. The summed E-state index contributed by atoms with van der Waals surface area (Å²) < 4.78 is 0. The molecule has 3 heterocycles. The Balaban J connectivity index is 0.973. The lowest BCUT2D eigenvalue weighted by atomic mass is 10.0. The van der Waals surface area contributed by atoms with Crippen LogP contribution in [0.5, 0.6) is 0 Å². The van der Waals surface area contributed by atoms with Gasteiger partial charge in [0.15, 0.2) is 5.96 Å². The number of hydrogen-bond acceptors (Lipinski definition) is 6. The number of amides is 2. The molecular formula is C47H68N8O2. The monoisotopic (exact) mass is 777 g/mol. The number of carbonyl (C=O) groups excluding carboxylic acids is 2. The van der Waals surface area contributed by atoms with Gasteiger partial charge in [-0.25, -0.2) is 0 Å². The first-order valence-corrected chi connectivity index (χ1v) is 22.1.